The Morgan fingerprint density at radius 2 is 1.58 bits per heavy atom. The number of ether oxygens (including phenoxy) is 2. The molecule has 1 saturated heterocycles. The van der Waals surface area contributed by atoms with Crippen LogP contribution in [0, 0.1) is 0 Å². The fourth-order valence-corrected chi connectivity index (χ4v) is 4.04. The lowest BCUT2D eigenvalue weighted by Crippen LogP contribution is -2.66. The van der Waals surface area contributed by atoms with E-state index < -0.39 is 0 Å². The molecule has 1 aromatic rings. The van der Waals surface area contributed by atoms with Crippen LogP contribution in [-0.2, 0) is 0 Å². The van der Waals surface area contributed by atoms with Crippen LogP contribution in [0.25, 0.3) is 0 Å². The van der Waals surface area contributed by atoms with Gasteiger partial charge in [-0.15, -0.1) is 0 Å². The van der Waals surface area contributed by atoms with Crippen molar-refractivity contribution in [2.75, 3.05) is 19.5 Å². The number of nitrogens with zero attached hydrogens (tertiary/aromatic N) is 1. The maximum Gasteiger partial charge on any atom is 0.322 e. The third kappa shape index (κ3) is 3.43. The third-order valence-corrected chi connectivity index (χ3v) is 4.60. The lowest BCUT2D eigenvalue weighted by molar-refractivity contribution is 0.00872. The van der Waals surface area contributed by atoms with E-state index in [-0.39, 0.29) is 23.2 Å². The zero-order chi connectivity index (χ0) is 18.1. The number of amides is 2. The zero-order valence-electron chi connectivity index (χ0n) is 15.5. The van der Waals surface area contributed by atoms with Crippen molar-refractivity contribution in [3.8, 4) is 11.5 Å². The predicted molar refractivity (Wildman–Crippen MR) is 95.8 cm³/mol. The third-order valence-electron chi connectivity index (χ3n) is 4.60. The van der Waals surface area contributed by atoms with E-state index in [4.69, 9.17) is 15.2 Å². The first kappa shape index (κ1) is 18.4. The van der Waals surface area contributed by atoms with Crippen LogP contribution in [0.2, 0.25) is 0 Å². The van der Waals surface area contributed by atoms with E-state index in [1.54, 1.807) is 26.4 Å². The van der Waals surface area contributed by atoms with Gasteiger partial charge in [0, 0.05) is 17.1 Å². The second-order valence-electron chi connectivity index (χ2n) is 7.60. The summed E-state index contributed by atoms with van der Waals surface area (Å²) in [5.41, 5.74) is 6.04. The van der Waals surface area contributed by atoms with Gasteiger partial charge in [-0.05, 0) is 52.7 Å². The molecule has 0 aliphatic carbocycles. The van der Waals surface area contributed by atoms with E-state index in [2.05, 4.69) is 5.32 Å². The molecule has 134 valence electrons. The summed E-state index contributed by atoms with van der Waals surface area (Å²) in [7, 11) is 3.14. The number of nitrogens with one attached hydrogen (secondary N) is 1. The molecule has 6 nitrogen and oxygen atoms in total. The highest BCUT2D eigenvalue weighted by atomic mass is 16.5. The molecule has 1 aliphatic rings. The molecule has 6 heteroatoms. The topological polar surface area (TPSA) is 76.8 Å². The molecule has 0 spiro atoms. The number of benzene rings is 1. The van der Waals surface area contributed by atoms with E-state index >= 15 is 0 Å². The Morgan fingerprint density at radius 1 is 1.12 bits per heavy atom. The smallest absolute Gasteiger partial charge is 0.322 e. The summed E-state index contributed by atoms with van der Waals surface area (Å²) in [6.07, 6.45) is 1.51. The predicted octanol–water partition coefficient (Wildman–Crippen LogP) is 3.22. The van der Waals surface area contributed by atoms with Gasteiger partial charge in [-0.1, -0.05) is 6.07 Å². The Hall–Kier alpha value is -1.95. The van der Waals surface area contributed by atoms with Crippen molar-refractivity contribution in [3.63, 3.8) is 0 Å². The number of piperidine rings is 1. The van der Waals surface area contributed by atoms with Crippen molar-refractivity contribution in [2.24, 2.45) is 5.73 Å². The fourth-order valence-electron chi connectivity index (χ4n) is 4.04. The SMILES string of the molecule is COc1cccc(OC)c1NC(=O)N1C(C)(C)CC(N)CC1(C)C. The van der Waals surface area contributed by atoms with Crippen molar-refractivity contribution in [2.45, 2.75) is 57.7 Å². The summed E-state index contributed by atoms with van der Waals surface area (Å²) in [6.45, 7) is 8.19. The maximum absolute atomic E-state index is 13.1. The number of urea groups is 1. The van der Waals surface area contributed by atoms with Crippen LogP contribution < -0.4 is 20.5 Å². The molecule has 2 rings (SSSR count). The lowest BCUT2D eigenvalue weighted by atomic mass is 9.77. The number of anilines is 1. The van der Waals surface area contributed by atoms with E-state index in [1.165, 1.54) is 0 Å². The lowest BCUT2D eigenvalue weighted by Gasteiger charge is -2.54. The van der Waals surface area contributed by atoms with Gasteiger partial charge in [0.2, 0.25) is 0 Å². The number of nitrogens with two attached hydrogens (primary N) is 1. The minimum absolute atomic E-state index is 0.0832. The first-order valence-corrected chi connectivity index (χ1v) is 8.20. The molecule has 0 atom stereocenters. The Kier molecular flexibility index (Phi) is 4.99. The molecule has 0 radical (unpaired) electrons. The van der Waals surface area contributed by atoms with Crippen molar-refractivity contribution in [1.29, 1.82) is 0 Å². The molecule has 1 heterocycles. The highest BCUT2D eigenvalue weighted by Crippen LogP contribution is 2.40. The highest BCUT2D eigenvalue weighted by Gasteiger charge is 2.47. The molecule has 3 N–H and O–H groups in total. The first-order valence-electron chi connectivity index (χ1n) is 8.20. The number of hydrogen-bond donors (Lipinski definition) is 2. The second-order valence-corrected chi connectivity index (χ2v) is 7.60. The molecule has 2 amide bonds. The van der Waals surface area contributed by atoms with Crippen molar-refractivity contribution in [1.82, 2.24) is 4.90 Å². The van der Waals surface area contributed by atoms with Gasteiger partial charge < -0.3 is 25.4 Å². The zero-order valence-corrected chi connectivity index (χ0v) is 15.5. The summed E-state index contributed by atoms with van der Waals surface area (Å²) in [4.78, 5) is 15.0. The Morgan fingerprint density at radius 3 is 2.00 bits per heavy atom. The molecule has 1 aromatic carbocycles. The molecule has 0 bridgehead atoms. The van der Waals surface area contributed by atoms with Crippen molar-refractivity contribution >= 4 is 11.7 Å². The average Bonchev–Trinajstić information content (AvgIpc) is 2.44. The fraction of sp³-hybridized carbons (Fsp3) is 0.611. The second kappa shape index (κ2) is 6.51. The molecule has 0 aromatic heterocycles. The molecular formula is C18H29N3O3. The van der Waals surface area contributed by atoms with Crippen LogP contribution in [0.3, 0.4) is 0 Å². The summed E-state index contributed by atoms with van der Waals surface area (Å²) >= 11 is 0. The minimum Gasteiger partial charge on any atom is -0.494 e. The normalized spacial score (nSPS) is 19.7. The number of hydrogen-bond acceptors (Lipinski definition) is 4. The van der Waals surface area contributed by atoms with E-state index in [0.717, 1.165) is 12.8 Å². The Labute approximate surface area is 144 Å². The van der Waals surface area contributed by atoms with Crippen molar-refractivity contribution < 1.29 is 14.3 Å². The number of rotatable bonds is 3. The Balaban J connectivity index is 2.36. The van der Waals surface area contributed by atoms with Gasteiger partial charge in [0.25, 0.3) is 0 Å². The molecule has 0 saturated carbocycles. The first-order chi connectivity index (χ1) is 11.1. The summed E-state index contributed by atoms with van der Waals surface area (Å²) in [5.74, 6) is 1.12. The molecule has 0 unspecified atom stereocenters. The van der Waals surface area contributed by atoms with E-state index in [9.17, 15) is 4.79 Å². The van der Waals surface area contributed by atoms with Gasteiger partial charge in [0.15, 0.2) is 0 Å². The van der Waals surface area contributed by atoms with Gasteiger partial charge in [-0.25, -0.2) is 4.79 Å². The number of carbonyl (C=O) groups excluding carboxylic acids is 1. The standard InChI is InChI=1S/C18H29N3O3/c1-17(2)10-12(19)11-18(3,4)21(17)16(22)20-15-13(23-5)8-7-9-14(15)24-6/h7-9,12H,10-11,19H2,1-6H3,(H,20,22). The van der Waals surface area contributed by atoms with Gasteiger partial charge in [-0.2, -0.15) is 0 Å². The van der Waals surface area contributed by atoms with Crippen LogP contribution >= 0.6 is 0 Å². The van der Waals surface area contributed by atoms with Crippen LogP contribution in [0.1, 0.15) is 40.5 Å². The number of para-hydroxylation sites is 1. The molecule has 24 heavy (non-hydrogen) atoms. The van der Waals surface area contributed by atoms with Gasteiger partial charge in [0.05, 0.1) is 14.2 Å². The van der Waals surface area contributed by atoms with Gasteiger partial charge >= 0.3 is 6.03 Å². The number of carbonyl (C=O) groups is 1. The van der Waals surface area contributed by atoms with Crippen LogP contribution in [0.15, 0.2) is 18.2 Å². The minimum atomic E-state index is -0.347. The molecule has 1 fully saturated rings. The number of methoxy groups -OCH3 is 2. The van der Waals surface area contributed by atoms with Crippen LogP contribution in [0.4, 0.5) is 10.5 Å². The van der Waals surface area contributed by atoms with E-state index in [1.807, 2.05) is 38.7 Å². The maximum atomic E-state index is 13.1. The van der Waals surface area contributed by atoms with E-state index in [0.29, 0.717) is 17.2 Å². The largest absolute Gasteiger partial charge is 0.494 e. The average molecular weight is 335 g/mol. The molecular weight excluding hydrogens is 306 g/mol. The highest BCUT2D eigenvalue weighted by molar-refractivity contribution is 5.94. The summed E-state index contributed by atoms with van der Waals surface area (Å²) < 4.78 is 10.7. The number of likely N-dealkylation sites (tertiary alicyclic amines) is 1. The van der Waals surface area contributed by atoms with Crippen molar-refractivity contribution in [3.05, 3.63) is 18.2 Å². The quantitative estimate of drug-likeness (QED) is 0.889. The summed E-state index contributed by atoms with van der Waals surface area (Å²) in [5, 5.41) is 2.97. The van der Waals surface area contributed by atoms with Crippen LogP contribution in [-0.4, -0.2) is 42.3 Å². The monoisotopic (exact) mass is 335 g/mol. The van der Waals surface area contributed by atoms with Gasteiger partial charge in [-0.3, -0.25) is 0 Å². The Bertz CT molecular complexity index is 573. The summed E-state index contributed by atoms with van der Waals surface area (Å²) in [6, 6.07) is 5.31. The van der Waals surface area contributed by atoms with Gasteiger partial charge in [0.1, 0.15) is 17.2 Å². The molecule has 1 aliphatic heterocycles. The van der Waals surface area contributed by atoms with Crippen LogP contribution in [0.5, 0.6) is 11.5 Å².